The van der Waals surface area contributed by atoms with Crippen LogP contribution in [0.2, 0.25) is 10.0 Å². The average Bonchev–Trinajstić information content (AvgIpc) is 3.44. The summed E-state index contributed by atoms with van der Waals surface area (Å²) in [5.74, 6) is 1.29. The molecule has 1 aliphatic carbocycles. The van der Waals surface area contributed by atoms with Crippen molar-refractivity contribution in [3.8, 4) is 5.75 Å². The van der Waals surface area contributed by atoms with Crippen LogP contribution in [0.4, 0.5) is 0 Å². The van der Waals surface area contributed by atoms with Crippen molar-refractivity contribution in [2.24, 2.45) is 5.92 Å². The summed E-state index contributed by atoms with van der Waals surface area (Å²) >= 11 is 13.3. The van der Waals surface area contributed by atoms with Gasteiger partial charge in [0.05, 0.1) is 6.20 Å². The predicted molar refractivity (Wildman–Crippen MR) is 125 cm³/mol. The van der Waals surface area contributed by atoms with Gasteiger partial charge in [0, 0.05) is 34.7 Å². The largest absolute Gasteiger partial charge is 0.489 e. The zero-order chi connectivity index (χ0) is 21.2. The van der Waals surface area contributed by atoms with Crippen molar-refractivity contribution in [2.75, 3.05) is 13.1 Å². The number of aromatic nitrogens is 2. The smallest absolute Gasteiger partial charge is 0.122 e. The SMILES string of the molecule is Clc1cc(OCc2ccccc2)cc(Cl)c1C[C@@H]1CCN(C2CCc3cn[nH]c3C2)C1. The molecule has 6 heteroatoms. The van der Waals surface area contributed by atoms with Crippen molar-refractivity contribution in [3.63, 3.8) is 0 Å². The normalized spacial score (nSPS) is 21.2. The Morgan fingerprint density at radius 2 is 1.90 bits per heavy atom. The number of benzene rings is 2. The fourth-order valence-corrected chi connectivity index (χ4v) is 5.57. The number of nitrogens with one attached hydrogen (secondary N) is 1. The Morgan fingerprint density at radius 1 is 1.10 bits per heavy atom. The lowest BCUT2D eigenvalue weighted by molar-refractivity contribution is 0.213. The van der Waals surface area contributed by atoms with Crippen molar-refractivity contribution in [2.45, 2.75) is 44.8 Å². The summed E-state index contributed by atoms with van der Waals surface area (Å²) in [6.07, 6.45) is 7.50. The lowest BCUT2D eigenvalue weighted by Crippen LogP contribution is -2.37. The van der Waals surface area contributed by atoms with E-state index in [1.54, 1.807) is 0 Å². The molecule has 162 valence electrons. The van der Waals surface area contributed by atoms with E-state index in [4.69, 9.17) is 27.9 Å². The molecular weight excluding hydrogens is 429 g/mol. The Bertz CT molecular complexity index is 1010. The van der Waals surface area contributed by atoms with Crippen LogP contribution in [-0.4, -0.2) is 34.2 Å². The van der Waals surface area contributed by atoms with E-state index in [0.717, 1.165) is 43.5 Å². The molecule has 4 nitrogen and oxygen atoms in total. The highest BCUT2D eigenvalue weighted by Crippen LogP contribution is 2.35. The number of H-pyrrole nitrogens is 1. The molecule has 5 rings (SSSR count). The van der Waals surface area contributed by atoms with Gasteiger partial charge >= 0.3 is 0 Å². The molecule has 2 aliphatic rings. The molecule has 1 saturated heterocycles. The minimum atomic E-state index is 0.504. The topological polar surface area (TPSA) is 41.1 Å². The van der Waals surface area contributed by atoms with Gasteiger partial charge in [-0.3, -0.25) is 10.00 Å². The number of likely N-dealkylation sites (tertiary alicyclic amines) is 1. The standard InChI is InChI=1S/C25H27Cl2N3O/c26-23-12-21(31-16-17-4-2-1-3-5-17)13-24(27)22(23)10-18-8-9-30(15-18)20-7-6-19-14-28-29-25(19)11-20/h1-5,12-14,18,20H,6-11,15-16H2,(H,28,29)/t18-,20?/m0/s1. The minimum absolute atomic E-state index is 0.504. The number of aryl methyl sites for hydroxylation is 1. The van der Waals surface area contributed by atoms with Crippen LogP contribution in [0, 0.1) is 5.92 Å². The predicted octanol–water partition coefficient (Wildman–Crippen LogP) is 5.72. The maximum atomic E-state index is 6.63. The Hall–Kier alpha value is -2.01. The van der Waals surface area contributed by atoms with Crippen LogP contribution in [0.5, 0.6) is 5.75 Å². The van der Waals surface area contributed by atoms with Gasteiger partial charge in [-0.15, -0.1) is 0 Å². The first-order chi connectivity index (χ1) is 15.2. The van der Waals surface area contributed by atoms with Crippen molar-refractivity contribution >= 4 is 23.2 Å². The van der Waals surface area contributed by atoms with Gasteiger partial charge in [0.2, 0.25) is 0 Å². The second kappa shape index (κ2) is 9.23. The highest BCUT2D eigenvalue weighted by Gasteiger charge is 2.31. The van der Waals surface area contributed by atoms with Crippen molar-refractivity contribution in [1.29, 1.82) is 0 Å². The average molecular weight is 456 g/mol. The first-order valence-corrected chi connectivity index (χ1v) is 11.8. The first kappa shape index (κ1) is 20.9. The molecule has 0 spiro atoms. The molecule has 0 bridgehead atoms. The van der Waals surface area contributed by atoms with E-state index >= 15 is 0 Å². The fourth-order valence-electron chi connectivity index (χ4n) is 4.95. The molecule has 0 saturated carbocycles. The zero-order valence-corrected chi connectivity index (χ0v) is 19.0. The van der Waals surface area contributed by atoms with Crippen LogP contribution in [-0.2, 0) is 25.9 Å². The Balaban J connectivity index is 1.19. The maximum Gasteiger partial charge on any atom is 0.122 e. The lowest BCUT2D eigenvalue weighted by Gasteiger charge is -2.30. The van der Waals surface area contributed by atoms with Crippen LogP contribution in [0.3, 0.4) is 0 Å². The molecule has 1 N–H and O–H groups in total. The van der Waals surface area contributed by atoms with Crippen molar-refractivity contribution in [3.05, 3.63) is 81.1 Å². The lowest BCUT2D eigenvalue weighted by atomic mass is 9.92. The summed E-state index contributed by atoms with van der Waals surface area (Å²) in [4.78, 5) is 2.65. The number of halogens is 2. The van der Waals surface area contributed by atoms with E-state index < -0.39 is 0 Å². The summed E-state index contributed by atoms with van der Waals surface area (Å²) in [6.45, 7) is 2.75. The van der Waals surface area contributed by atoms with Crippen LogP contribution in [0.15, 0.2) is 48.7 Å². The molecule has 0 amide bonds. The minimum Gasteiger partial charge on any atom is -0.489 e. The van der Waals surface area contributed by atoms with Crippen LogP contribution < -0.4 is 4.74 Å². The summed E-state index contributed by atoms with van der Waals surface area (Å²) < 4.78 is 5.91. The molecule has 2 atom stereocenters. The fraction of sp³-hybridized carbons (Fsp3) is 0.400. The quantitative estimate of drug-likeness (QED) is 0.516. The number of ether oxygens (including phenoxy) is 1. The number of rotatable bonds is 6. The van der Waals surface area contributed by atoms with Gasteiger partial charge in [-0.25, -0.2) is 0 Å². The van der Waals surface area contributed by atoms with Gasteiger partial charge in [0.25, 0.3) is 0 Å². The van der Waals surface area contributed by atoms with Crippen LogP contribution >= 0.6 is 23.2 Å². The second-order valence-corrected chi connectivity index (χ2v) is 9.58. The molecule has 2 heterocycles. The molecule has 2 aromatic carbocycles. The van der Waals surface area contributed by atoms with Gasteiger partial charge in [0.1, 0.15) is 12.4 Å². The number of aromatic amines is 1. The molecule has 31 heavy (non-hydrogen) atoms. The number of hydrogen-bond acceptors (Lipinski definition) is 3. The molecular formula is C25H27Cl2N3O. The van der Waals surface area contributed by atoms with E-state index in [1.807, 2.05) is 48.7 Å². The third kappa shape index (κ3) is 4.77. The molecule has 1 aromatic heterocycles. The van der Waals surface area contributed by atoms with E-state index in [2.05, 4.69) is 15.1 Å². The Labute approximate surface area is 193 Å². The van der Waals surface area contributed by atoms with Crippen LogP contribution in [0.1, 0.15) is 35.2 Å². The van der Waals surface area contributed by atoms with Gasteiger partial charge in [0.15, 0.2) is 0 Å². The molecule has 3 aromatic rings. The van der Waals surface area contributed by atoms with E-state index in [9.17, 15) is 0 Å². The first-order valence-electron chi connectivity index (χ1n) is 11.1. The van der Waals surface area contributed by atoms with Gasteiger partial charge < -0.3 is 4.74 Å². The van der Waals surface area contributed by atoms with E-state index in [-0.39, 0.29) is 0 Å². The number of hydrogen-bond donors (Lipinski definition) is 1. The van der Waals surface area contributed by atoms with Crippen LogP contribution in [0.25, 0.3) is 0 Å². The molecule has 1 aliphatic heterocycles. The summed E-state index contributed by atoms with van der Waals surface area (Å²) in [6, 6.07) is 14.5. The number of nitrogens with zero attached hydrogens (tertiary/aromatic N) is 2. The van der Waals surface area contributed by atoms with E-state index in [1.165, 1.54) is 24.1 Å². The summed E-state index contributed by atoms with van der Waals surface area (Å²) in [7, 11) is 0. The third-order valence-corrected chi connectivity index (χ3v) is 7.36. The maximum absolute atomic E-state index is 6.63. The van der Waals surface area contributed by atoms with E-state index in [0.29, 0.717) is 34.4 Å². The van der Waals surface area contributed by atoms with Crippen molar-refractivity contribution < 1.29 is 4.74 Å². The highest BCUT2D eigenvalue weighted by atomic mass is 35.5. The summed E-state index contributed by atoms with van der Waals surface area (Å²) in [5.41, 5.74) is 4.87. The molecule has 1 fully saturated rings. The van der Waals surface area contributed by atoms with Gasteiger partial charge in [-0.05, 0) is 67.0 Å². The Morgan fingerprint density at radius 3 is 2.71 bits per heavy atom. The summed E-state index contributed by atoms with van der Waals surface area (Å²) in [5, 5.41) is 8.79. The molecule has 1 unspecified atom stereocenters. The highest BCUT2D eigenvalue weighted by molar-refractivity contribution is 6.36. The van der Waals surface area contributed by atoms with Gasteiger partial charge in [-0.2, -0.15) is 5.10 Å². The van der Waals surface area contributed by atoms with Gasteiger partial charge in [-0.1, -0.05) is 53.5 Å². The zero-order valence-electron chi connectivity index (χ0n) is 17.5. The number of fused-ring (bicyclic) bond motifs is 1. The Kier molecular flexibility index (Phi) is 6.22. The molecule has 0 radical (unpaired) electrons. The third-order valence-electron chi connectivity index (χ3n) is 6.68. The monoisotopic (exact) mass is 455 g/mol. The second-order valence-electron chi connectivity index (χ2n) is 8.76. The van der Waals surface area contributed by atoms with Crippen molar-refractivity contribution in [1.82, 2.24) is 15.1 Å².